The molecule has 2 nitrogen and oxygen atoms in total. The van der Waals surface area contributed by atoms with Crippen molar-refractivity contribution in [2.75, 3.05) is 6.61 Å². The average Bonchev–Trinajstić information content (AvgIpc) is 3.04. The van der Waals surface area contributed by atoms with Crippen molar-refractivity contribution >= 4 is 11.6 Å². The minimum atomic E-state index is 0.0159. The molecule has 0 amide bonds. The molecule has 0 heterocycles. The molecule has 0 radical (unpaired) electrons. The van der Waals surface area contributed by atoms with Crippen LogP contribution in [0, 0.1) is 5.92 Å². The molecule has 1 saturated carbocycles. The third-order valence-corrected chi connectivity index (χ3v) is 2.95. The molecule has 0 bridgehead atoms. The number of halogens is 1. The summed E-state index contributed by atoms with van der Waals surface area (Å²) in [5.41, 5.74) is 0.814. The molecule has 1 aliphatic carbocycles. The van der Waals surface area contributed by atoms with Gasteiger partial charge in [0, 0.05) is 0 Å². The average molecular weight is 227 g/mol. The number of aliphatic hydroxyl groups excluding tert-OH is 1. The van der Waals surface area contributed by atoms with Crippen molar-refractivity contribution < 1.29 is 9.84 Å². The second kappa shape index (κ2) is 4.86. The van der Waals surface area contributed by atoms with Gasteiger partial charge in [0.25, 0.3) is 0 Å². The molecule has 82 valence electrons. The number of ether oxygens (including phenoxy) is 1. The quantitative estimate of drug-likeness (QED) is 0.837. The van der Waals surface area contributed by atoms with Gasteiger partial charge in [-0.1, -0.05) is 30.5 Å². The zero-order chi connectivity index (χ0) is 10.7. The molecule has 1 aliphatic rings. The van der Waals surface area contributed by atoms with Crippen molar-refractivity contribution in [2.45, 2.75) is 25.9 Å². The topological polar surface area (TPSA) is 29.5 Å². The highest BCUT2D eigenvalue weighted by atomic mass is 35.5. The van der Waals surface area contributed by atoms with Crippen LogP contribution in [0.1, 0.15) is 24.8 Å². The SMILES string of the molecule is OCc1ccc(OCCC2CC2)c(Cl)c1. The number of rotatable bonds is 5. The van der Waals surface area contributed by atoms with Crippen LogP contribution < -0.4 is 4.74 Å². The van der Waals surface area contributed by atoms with Crippen LogP contribution in [0.2, 0.25) is 5.02 Å². The Hall–Kier alpha value is -0.730. The van der Waals surface area contributed by atoms with Gasteiger partial charge < -0.3 is 9.84 Å². The molecule has 2 rings (SSSR count). The Balaban J connectivity index is 1.88. The molecule has 0 spiro atoms. The zero-order valence-corrected chi connectivity index (χ0v) is 9.33. The van der Waals surface area contributed by atoms with Crippen molar-refractivity contribution in [2.24, 2.45) is 5.92 Å². The van der Waals surface area contributed by atoms with E-state index in [1.807, 2.05) is 12.1 Å². The molecule has 0 saturated heterocycles. The fourth-order valence-electron chi connectivity index (χ4n) is 1.50. The third-order valence-electron chi connectivity index (χ3n) is 2.66. The van der Waals surface area contributed by atoms with Gasteiger partial charge in [0.05, 0.1) is 18.2 Å². The van der Waals surface area contributed by atoms with Crippen LogP contribution in [-0.2, 0) is 6.61 Å². The smallest absolute Gasteiger partial charge is 0.137 e. The van der Waals surface area contributed by atoms with Crippen LogP contribution in [0.15, 0.2) is 18.2 Å². The second-order valence-electron chi connectivity index (χ2n) is 4.00. The van der Waals surface area contributed by atoms with Gasteiger partial charge in [-0.3, -0.25) is 0 Å². The Labute approximate surface area is 94.8 Å². The summed E-state index contributed by atoms with van der Waals surface area (Å²) in [6.45, 7) is 0.755. The summed E-state index contributed by atoms with van der Waals surface area (Å²) in [4.78, 5) is 0. The lowest BCUT2D eigenvalue weighted by molar-refractivity contribution is 0.280. The molecule has 1 aromatic carbocycles. The first kappa shape index (κ1) is 10.8. The van der Waals surface area contributed by atoms with E-state index in [0.29, 0.717) is 5.02 Å². The van der Waals surface area contributed by atoms with E-state index in [1.165, 1.54) is 12.8 Å². The summed E-state index contributed by atoms with van der Waals surface area (Å²) in [5.74, 6) is 1.59. The van der Waals surface area contributed by atoms with E-state index in [-0.39, 0.29) is 6.61 Å². The Morgan fingerprint density at radius 3 is 2.80 bits per heavy atom. The van der Waals surface area contributed by atoms with Crippen LogP contribution in [0.25, 0.3) is 0 Å². The Bertz CT molecular complexity index is 334. The normalized spacial score (nSPS) is 15.3. The van der Waals surface area contributed by atoms with E-state index in [0.717, 1.165) is 30.3 Å². The molecule has 0 aliphatic heterocycles. The predicted molar refractivity (Wildman–Crippen MR) is 60.2 cm³/mol. The summed E-state index contributed by atoms with van der Waals surface area (Å²) in [7, 11) is 0. The minimum Gasteiger partial charge on any atom is -0.492 e. The number of benzene rings is 1. The molecule has 1 aromatic rings. The summed E-state index contributed by atoms with van der Waals surface area (Å²) in [5, 5.41) is 9.49. The van der Waals surface area contributed by atoms with Crippen LogP contribution in [0.5, 0.6) is 5.75 Å². The van der Waals surface area contributed by atoms with Gasteiger partial charge in [0.2, 0.25) is 0 Å². The first-order chi connectivity index (χ1) is 7.29. The standard InChI is InChI=1S/C12H15ClO2/c13-11-7-10(8-14)3-4-12(11)15-6-5-9-1-2-9/h3-4,7,9,14H,1-2,5-6,8H2. The van der Waals surface area contributed by atoms with Crippen LogP contribution in [-0.4, -0.2) is 11.7 Å². The lowest BCUT2D eigenvalue weighted by Gasteiger charge is -2.08. The lowest BCUT2D eigenvalue weighted by Crippen LogP contribution is -1.99. The van der Waals surface area contributed by atoms with E-state index in [9.17, 15) is 0 Å². The first-order valence-corrected chi connectivity index (χ1v) is 5.69. The van der Waals surface area contributed by atoms with E-state index in [4.69, 9.17) is 21.4 Å². The van der Waals surface area contributed by atoms with E-state index < -0.39 is 0 Å². The minimum absolute atomic E-state index is 0.0159. The number of hydrogen-bond donors (Lipinski definition) is 1. The molecular weight excluding hydrogens is 212 g/mol. The third kappa shape index (κ3) is 3.11. The highest BCUT2D eigenvalue weighted by molar-refractivity contribution is 6.32. The molecule has 1 N–H and O–H groups in total. The highest BCUT2D eigenvalue weighted by Gasteiger charge is 2.20. The van der Waals surface area contributed by atoms with E-state index in [1.54, 1.807) is 6.07 Å². The summed E-state index contributed by atoms with van der Waals surface area (Å²) < 4.78 is 5.57. The van der Waals surface area contributed by atoms with Gasteiger partial charge in [-0.05, 0) is 30.0 Å². The maximum absolute atomic E-state index is 8.91. The molecule has 0 aromatic heterocycles. The van der Waals surface area contributed by atoms with Gasteiger partial charge in [-0.25, -0.2) is 0 Å². The number of aliphatic hydroxyl groups is 1. The van der Waals surface area contributed by atoms with E-state index in [2.05, 4.69) is 0 Å². The zero-order valence-electron chi connectivity index (χ0n) is 8.58. The maximum atomic E-state index is 8.91. The van der Waals surface area contributed by atoms with Crippen molar-refractivity contribution in [3.63, 3.8) is 0 Å². The van der Waals surface area contributed by atoms with Crippen molar-refractivity contribution in [3.05, 3.63) is 28.8 Å². The van der Waals surface area contributed by atoms with E-state index >= 15 is 0 Å². The van der Waals surface area contributed by atoms with Gasteiger partial charge in [-0.15, -0.1) is 0 Å². The van der Waals surface area contributed by atoms with Crippen molar-refractivity contribution in [3.8, 4) is 5.75 Å². The molecule has 15 heavy (non-hydrogen) atoms. The van der Waals surface area contributed by atoms with Crippen LogP contribution in [0.3, 0.4) is 0 Å². The fraction of sp³-hybridized carbons (Fsp3) is 0.500. The first-order valence-electron chi connectivity index (χ1n) is 5.31. The van der Waals surface area contributed by atoms with Crippen LogP contribution >= 0.6 is 11.6 Å². The lowest BCUT2D eigenvalue weighted by atomic mass is 10.2. The Morgan fingerprint density at radius 1 is 1.40 bits per heavy atom. The summed E-state index contributed by atoms with van der Waals surface area (Å²) >= 11 is 6.00. The van der Waals surface area contributed by atoms with Gasteiger partial charge in [0.1, 0.15) is 5.75 Å². The predicted octanol–water partition coefficient (Wildman–Crippen LogP) is 3.01. The monoisotopic (exact) mass is 226 g/mol. The fourth-order valence-corrected chi connectivity index (χ4v) is 1.76. The molecule has 1 fully saturated rings. The summed E-state index contributed by atoms with van der Waals surface area (Å²) in [6.07, 6.45) is 3.82. The van der Waals surface area contributed by atoms with Gasteiger partial charge >= 0.3 is 0 Å². The molecular formula is C12H15ClO2. The molecule has 3 heteroatoms. The van der Waals surface area contributed by atoms with Crippen molar-refractivity contribution in [1.82, 2.24) is 0 Å². The van der Waals surface area contributed by atoms with Gasteiger partial charge in [0.15, 0.2) is 0 Å². The number of hydrogen-bond acceptors (Lipinski definition) is 2. The maximum Gasteiger partial charge on any atom is 0.137 e. The highest BCUT2D eigenvalue weighted by Crippen LogP contribution is 2.33. The Kier molecular flexibility index (Phi) is 3.49. The second-order valence-corrected chi connectivity index (χ2v) is 4.41. The van der Waals surface area contributed by atoms with Crippen LogP contribution in [0.4, 0.5) is 0 Å². The van der Waals surface area contributed by atoms with Crippen molar-refractivity contribution in [1.29, 1.82) is 0 Å². The largest absolute Gasteiger partial charge is 0.492 e. The molecule has 0 atom stereocenters. The Morgan fingerprint density at radius 2 is 2.20 bits per heavy atom. The summed E-state index contributed by atoms with van der Waals surface area (Å²) in [6, 6.07) is 5.40. The van der Waals surface area contributed by atoms with Gasteiger partial charge in [-0.2, -0.15) is 0 Å². The molecule has 0 unspecified atom stereocenters.